The first kappa shape index (κ1) is 26.7. The predicted octanol–water partition coefficient (Wildman–Crippen LogP) is 12.1. The van der Waals surface area contributed by atoms with Gasteiger partial charge in [0.05, 0.1) is 16.4 Å². The van der Waals surface area contributed by atoms with Crippen LogP contribution in [0.5, 0.6) is 11.5 Å². The molecule has 0 saturated heterocycles. The van der Waals surface area contributed by atoms with Crippen LogP contribution < -0.4 is 4.74 Å². The van der Waals surface area contributed by atoms with Gasteiger partial charge in [-0.3, -0.25) is 0 Å². The maximum atomic E-state index is 6.76. The van der Waals surface area contributed by atoms with Crippen LogP contribution in [0.25, 0.3) is 60.5 Å². The summed E-state index contributed by atoms with van der Waals surface area (Å²) in [6, 6.07) is 64.1. The van der Waals surface area contributed by atoms with Crippen LogP contribution in [-0.4, -0.2) is 4.57 Å². The molecular weight excluding hydrogens is 595 g/mol. The summed E-state index contributed by atoms with van der Waals surface area (Å²) < 4.78 is 9.23. The lowest BCUT2D eigenvalue weighted by Gasteiger charge is -2.39. The van der Waals surface area contributed by atoms with E-state index in [0.717, 1.165) is 22.7 Å². The molecule has 0 N–H and O–H groups in total. The molecule has 0 amide bonds. The molecule has 1 aromatic heterocycles. The van der Waals surface area contributed by atoms with Gasteiger partial charge in [-0.05, 0) is 63.5 Å². The van der Waals surface area contributed by atoms with Crippen molar-refractivity contribution in [2.45, 2.75) is 5.41 Å². The molecule has 0 saturated carbocycles. The van der Waals surface area contributed by atoms with Crippen LogP contribution >= 0.6 is 0 Å². The van der Waals surface area contributed by atoms with Crippen molar-refractivity contribution in [1.29, 1.82) is 0 Å². The van der Waals surface area contributed by atoms with Gasteiger partial charge in [0, 0.05) is 38.5 Å². The number of rotatable bonds is 2. The molecule has 11 rings (SSSR count). The van der Waals surface area contributed by atoms with E-state index >= 15 is 0 Å². The average Bonchev–Trinajstić information content (AvgIpc) is 3.67. The van der Waals surface area contributed by atoms with Crippen LogP contribution in [0, 0.1) is 0 Å². The van der Waals surface area contributed by atoms with Gasteiger partial charge >= 0.3 is 0 Å². The summed E-state index contributed by atoms with van der Waals surface area (Å²) in [6.45, 7) is 0. The van der Waals surface area contributed by atoms with E-state index < -0.39 is 5.41 Å². The minimum absolute atomic E-state index is 0.510. The van der Waals surface area contributed by atoms with Gasteiger partial charge in [0.25, 0.3) is 0 Å². The number of ether oxygens (including phenoxy) is 1. The second kappa shape index (κ2) is 9.82. The van der Waals surface area contributed by atoms with E-state index in [1.165, 1.54) is 71.5 Å². The first-order chi connectivity index (χ1) is 24.3. The Bertz CT molecular complexity index is 2760. The molecule has 9 aromatic rings. The van der Waals surface area contributed by atoms with Gasteiger partial charge in [-0.25, -0.2) is 0 Å². The number of nitrogens with zero attached hydrogens (tertiary/aromatic N) is 1. The van der Waals surface area contributed by atoms with Crippen LogP contribution in [0.2, 0.25) is 0 Å². The van der Waals surface area contributed by atoms with Crippen molar-refractivity contribution in [1.82, 2.24) is 4.57 Å². The predicted molar refractivity (Wildman–Crippen MR) is 201 cm³/mol. The molecule has 1 aliphatic carbocycles. The fourth-order valence-electron chi connectivity index (χ4n) is 8.92. The normalized spacial score (nSPS) is 13.6. The topological polar surface area (TPSA) is 14.2 Å². The van der Waals surface area contributed by atoms with Crippen molar-refractivity contribution in [3.05, 3.63) is 198 Å². The zero-order valence-corrected chi connectivity index (χ0v) is 26.6. The lowest BCUT2D eigenvalue weighted by atomic mass is 9.66. The molecule has 0 fully saturated rings. The van der Waals surface area contributed by atoms with E-state index in [1.807, 2.05) is 0 Å². The highest BCUT2D eigenvalue weighted by molar-refractivity contribution is 6.21. The number of hydrogen-bond donors (Lipinski definition) is 0. The molecule has 0 bridgehead atoms. The Morgan fingerprint density at radius 1 is 0.388 bits per heavy atom. The molecule has 1 aliphatic heterocycles. The van der Waals surface area contributed by atoms with Crippen LogP contribution in [0.4, 0.5) is 0 Å². The van der Waals surface area contributed by atoms with E-state index in [-0.39, 0.29) is 0 Å². The Labute approximate surface area is 284 Å². The van der Waals surface area contributed by atoms with Crippen LogP contribution in [0.1, 0.15) is 22.3 Å². The Hall–Kier alpha value is -6.38. The third-order valence-corrected chi connectivity index (χ3v) is 10.8. The van der Waals surface area contributed by atoms with Crippen LogP contribution in [0.15, 0.2) is 176 Å². The van der Waals surface area contributed by atoms with E-state index in [9.17, 15) is 0 Å². The maximum absolute atomic E-state index is 6.76. The average molecular weight is 624 g/mol. The Kier molecular flexibility index (Phi) is 5.34. The Morgan fingerprint density at radius 2 is 1.00 bits per heavy atom. The summed E-state index contributed by atoms with van der Waals surface area (Å²) in [5, 5.41) is 4.98. The fourth-order valence-corrected chi connectivity index (χ4v) is 8.92. The van der Waals surface area contributed by atoms with E-state index in [1.54, 1.807) is 0 Å². The zero-order chi connectivity index (χ0) is 32.1. The quantitative estimate of drug-likeness (QED) is 0.187. The van der Waals surface area contributed by atoms with Gasteiger partial charge in [0.2, 0.25) is 0 Å². The molecule has 8 aromatic carbocycles. The van der Waals surface area contributed by atoms with Crippen molar-refractivity contribution in [2.75, 3.05) is 0 Å². The highest BCUT2D eigenvalue weighted by Gasteiger charge is 2.51. The highest BCUT2D eigenvalue weighted by atomic mass is 16.5. The number of para-hydroxylation sites is 3. The fraction of sp³-hybridized carbons (Fsp3) is 0.0213. The van der Waals surface area contributed by atoms with Crippen molar-refractivity contribution in [2.24, 2.45) is 0 Å². The van der Waals surface area contributed by atoms with E-state index in [2.05, 4.69) is 180 Å². The van der Waals surface area contributed by atoms with Gasteiger partial charge < -0.3 is 9.30 Å². The molecule has 2 nitrogen and oxygen atoms in total. The van der Waals surface area contributed by atoms with Crippen molar-refractivity contribution < 1.29 is 4.74 Å². The molecule has 1 spiro atoms. The van der Waals surface area contributed by atoms with Gasteiger partial charge in [-0.1, -0.05) is 146 Å². The number of aromatic nitrogens is 1. The lowest BCUT2D eigenvalue weighted by Crippen LogP contribution is -2.32. The molecule has 2 heteroatoms. The number of fused-ring (bicyclic) bond motifs is 14. The number of benzene rings is 8. The summed E-state index contributed by atoms with van der Waals surface area (Å²) in [5.41, 5.74) is 13.0. The van der Waals surface area contributed by atoms with Gasteiger partial charge in [0.1, 0.15) is 11.5 Å². The Balaban J connectivity index is 1.26. The standard InChI is InChI=1S/C47H29NO/c1-2-14-32(15-3-1)48-45-33-16-5-4-13-30(33)25-27-38(45)37-20-12-19-34(46(37)48)31-26-28-44-42(29-31)47(41-23-10-11-24-43(41)49-44)39-21-8-6-17-35(39)36-18-7-9-22-40(36)47/h1-29H. The highest BCUT2D eigenvalue weighted by Crippen LogP contribution is 2.62. The lowest BCUT2D eigenvalue weighted by molar-refractivity contribution is 0.436. The molecule has 0 radical (unpaired) electrons. The van der Waals surface area contributed by atoms with Crippen molar-refractivity contribution in [3.8, 4) is 39.4 Å². The molecule has 0 atom stereocenters. The summed E-state index contributed by atoms with van der Waals surface area (Å²) in [7, 11) is 0. The molecule has 49 heavy (non-hydrogen) atoms. The second-order valence-corrected chi connectivity index (χ2v) is 13.2. The third kappa shape index (κ3) is 3.45. The molecular formula is C47H29NO. The molecule has 2 aliphatic rings. The van der Waals surface area contributed by atoms with E-state index in [4.69, 9.17) is 4.74 Å². The SMILES string of the molecule is c1ccc(-n2c3c(-c4ccc5c(c4)C4(c6ccccc6O5)c5ccccc5-c5ccccc54)cccc3c3ccc4ccccc4c32)cc1. The molecule has 0 unspecified atom stereocenters. The maximum Gasteiger partial charge on any atom is 0.132 e. The first-order valence-electron chi connectivity index (χ1n) is 16.9. The van der Waals surface area contributed by atoms with Crippen molar-refractivity contribution >= 4 is 32.6 Å². The smallest absolute Gasteiger partial charge is 0.132 e. The number of hydrogen-bond acceptors (Lipinski definition) is 1. The minimum atomic E-state index is -0.510. The van der Waals surface area contributed by atoms with Gasteiger partial charge in [-0.15, -0.1) is 0 Å². The third-order valence-electron chi connectivity index (χ3n) is 10.8. The summed E-state index contributed by atoms with van der Waals surface area (Å²) in [5.74, 6) is 1.81. The van der Waals surface area contributed by atoms with E-state index in [0.29, 0.717) is 0 Å². The Morgan fingerprint density at radius 3 is 1.82 bits per heavy atom. The zero-order valence-electron chi connectivity index (χ0n) is 26.6. The first-order valence-corrected chi connectivity index (χ1v) is 16.9. The summed E-state index contributed by atoms with van der Waals surface area (Å²) >= 11 is 0. The summed E-state index contributed by atoms with van der Waals surface area (Å²) in [4.78, 5) is 0. The monoisotopic (exact) mass is 623 g/mol. The van der Waals surface area contributed by atoms with Crippen LogP contribution in [-0.2, 0) is 5.41 Å². The van der Waals surface area contributed by atoms with Gasteiger partial charge in [-0.2, -0.15) is 0 Å². The minimum Gasteiger partial charge on any atom is -0.457 e. The molecule has 228 valence electrons. The summed E-state index contributed by atoms with van der Waals surface area (Å²) in [6.07, 6.45) is 0. The second-order valence-electron chi connectivity index (χ2n) is 13.2. The van der Waals surface area contributed by atoms with Crippen LogP contribution in [0.3, 0.4) is 0 Å². The largest absolute Gasteiger partial charge is 0.457 e. The van der Waals surface area contributed by atoms with Crippen molar-refractivity contribution in [3.63, 3.8) is 0 Å². The van der Waals surface area contributed by atoms with Gasteiger partial charge in [0.15, 0.2) is 0 Å². The molecule has 2 heterocycles.